The maximum absolute atomic E-state index is 12.9. The summed E-state index contributed by atoms with van der Waals surface area (Å²) < 4.78 is 32.4. The molecule has 5 nitrogen and oxygen atoms in total. The Morgan fingerprint density at radius 3 is 2.64 bits per heavy atom. The summed E-state index contributed by atoms with van der Waals surface area (Å²) in [5.74, 6) is 0.475. The van der Waals surface area contributed by atoms with Crippen LogP contribution in [0.2, 0.25) is 5.02 Å². The molecule has 0 radical (unpaired) electrons. The average Bonchev–Trinajstić information content (AvgIpc) is 2.73. The lowest BCUT2D eigenvalue weighted by Gasteiger charge is -2.28. The summed E-state index contributed by atoms with van der Waals surface area (Å²) in [5, 5.41) is 0.308. The molecule has 1 aliphatic heterocycles. The van der Waals surface area contributed by atoms with Crippen LogP contribution in [0, 0.1) is 0 Å². The quantitative estimate of drug-likeness (QED) is 0.840. The molecule has 1 heterocycles. The van der Waals surface area contributed by atoms with Crippen molar-refractivity contribution in [2.75, 3.05) is 34.3 Å². The SMILES string of the molecule is COc1ccc(S(=O)(=O)N2CCCCC(N(C)C)C2)cc1Cl. The van der Waals surface area contributed by atoms with Crippen LogP contribution in [0.3, 0.4) is 0 Å². The Morgan fingerprint density at radius 2 is 2.05 bits per heavy atom. The molecule has 0 spiro atoms. The molecule has 0 saturated carbocycles. The second kappa shape index (κ2) is 7.17. The summed E-state index contributed by atoms with van der Waals surface area (Å²) in [5.41, 5.74) is 0. The Hall–Kier alpha value is -0.820. The van der Waals surface area contributed by atoms with Crippen molar-refractivity contribution in [2.24, 2.45) is 0 Å². The highest BCUT2D eigenvalue weighted by atomic mass is 35.5. The zero-order chi connectivity index (χ0) is 16.3. The number of ether oxygens (including phenoxy) is 1. The van der Waals surface area contributed by atoms with Crippen LogP contribution in [0.25, 0.3) is 0 Å². The number of hydrogen-bond donors (Lipinski definition) is 0. The van der Waals surface area contributed by atoms with E-state index in [-0.39, 0.29) is 10.9 Å². The maximum atomic E-state index is 12.9. The third-order valence-electron chi connectivity index (χ3n) is 4.10. The van der Waals surface area contributed by atoms with Crippen molar-refractivity contribution in [3.8, 4) is 5.75 Å². The minimum atomic E-state index is -3.53. The minimum Gasteiger partial charge on any atom is -0.495 e. The number of halogens is 1. The van der Waals surface area contributed by atoms with Crippen molar-refractivity contribution in [1.82, 2.24) is 9.21 Å². The largest absolute Gasteiger partial charge is 0.495 e. The highest BCUT2D eigenvalue weighted by Crippen LogP contribution is 2.29. The van der Waals surface area contributed by atoms with Crippen LogP contribution in [-0.2, 0) is 10.0 Å². The van der Waals surface area contributed by atoms with E-state index in [4.69, 9.17) is 16.3 Å². The molecule has 1 unspecified atom stereocenters. The van der Waals surface area contributed by atoms with Crippen LogP contribution in [0.1, 0.15) is 19.3 Å². The zero-order valence-corrected chi connectivity index (χ0v) is 14.8. The number of benzene rings is 1. The van der Waals surface area contributed by atoms with Gasteiger partial charge in [0.15, 0.2) is 0 Å². The van der Waals surface area contributed by atoms with E-state index in [9.17, 15) is 8.42 Å². The fraction of sp³-hybridized carbons (Fsp3) is 0.600. The molecule has 0 aromatic heterocycles. The van der Waals surface area contributed by atoms with E-state index in [2.05, 4.69) is 4.90 Å². The number of rotatable bonds is 4. The molecular weight excluding hydrogens is 324 g/mol. The van der Waals surface area contributed by atoms with Crippen molar-refractivity contribution >= 4 is 21.6 Å². The molecule has 7 heteroatoms. The fourth-order valence-corrected chi connectivity index (χ4v) is 4.55. The van der Waals surface area contributed by atoms with Crippen LogP contribution in [-0.4, -0.2) is 58.0 Å². The Bertz CT molecular complexity index is 619. The van der Waals surface area contributed by atoms with Gasteiger partial charge in [-0.25, -0.2) is 8.42 Å². The van der Waals surface area contributed by atoms with Gasteiger partial charge in [0.2, 0.25) is 10.0 Å². The van der Waals surface area contributed by atoms with Crippen LogP contribution in [0.4, 0.5) is 0 Å². The molecule has 1 fully saturated rings. The van der Waals surface area contributed by atoms with E-state index in [1.54, 1.807) is 16.4 Å². The summed E-state index contributed by atoms with van der Waals surface area (Å²) >= 11 is 6.07. The molecule has 1 aliphatic rings. The molecule has 0 amide bonds. The Labute approximate surface area is 137 Å². The van der Waals surface area contributed by atoms with Crippen molar-refractivity contribution in [2.45, 2.75) is 30.2 Å². The third-order valence-corrected chi connectivity index (χ3v) is 6.26. The standard InChI is InChI=1S/C15H23ClN2O3S/c1-17(2)12-6-4-5-9-18(11-12)22(19,20)13-7-8-15(21-3)14(16)10-13/h7-8,10,12H,4-6,9,11H2,1-3H3. The van der Waals surface area contributed by atoms with Crippen molar-refractivity contribution in [1.29, 1.82) is 0 Å². The van der Waals surface area contributed by atoms with E-state index in [1.807, 2.05) is 14.1 Å². The van der Waals surface area contributed by atoms with Gasteiger partial charge in [-0.1, -0.05) is 18.0 Å². The van der Waals surface area contributed by atoms with Crippen molar-refractivity contribution in [3.05, 3.63) is 23.2 Å². The summed E-state index contributed by atoms with van der Waals surface area (Å²) in [6, 6.07) is 4.85. The van der Waals surface area contributed by atoms with Crippen LogP contribution < -0.4 is 4.74 Å². The van der Waals surface area contributed by atoms with Gasteiger partial charge < -0.3 is 9.64 Å². The van der Waals surface area contributed by atoms with Gasteiger partial charge in [-0.15, -0.1) is 0 Å². The van der Waals surface area contributed by atoms with Gasteiger partial charge in [0.1, 0.15) is 5.75 Å². The second-order valence-electron chi connectivity index (χ2n) is 5.77. The first-order valence-corrected chi connectivity index (χ1v) is 9.18. The molecule has 1 saturated heterocycles. The summed E-state index contributed by atoms with van der Waals surface area (Å²) in [4.78, 5) is 2.31. The van der Waals surface area contributed by atoms with E-state index < -0.39 is 10.0 Å². The molecule has 1 aromatic carbocycles. The zero-order valence-electron chi connectivity index (χ0n) is 13.3. The molecular formula is C15H23ClN2O3S. The average molecular weight is 347 g/mol. The van der Waals surface area contributed by atoms with Gasteiger partial charge in [-0.2, -0.15) is 4.31 Å². The molecule has 2 rings (SSSR count). The molecule has 124 valence electrons. The third kappa shape index (κ3) is 3.74. The molecule has 1 aromatic rings. The monoisotopic (exact) mass is 346 g/mol. The van der Waals surface area contributed by atoms with Gasteiger partial charge in [-0.05, 0) is 45.1 Å². The van der Waals surface area contributed by atoms with Gasteiger partial charge in [0, 0.05) is 19.1 Å². The minimum absolute atomic E-state index is 0.220. The predicted molar refractivity (Wildman–Crippen MR) is 88.1 cm³/mol. The molecule has 22 heavy (non-hydrogen) atoms. The van der Waals surface area contributed by atoms with Crippen LogP contribution in [0.5, 0.6) is 5.75 Å². The summed E-state index contributed by atoms with van der Waals surface area (Å²) in [6.07, 6.45) is 2.94. The van der Waals surface area contributed by atoms with Gasteiger partial charge >= 0.3 is 0 Å². The lowest BCUT2D eigenvalue weighted by atomic mass is 10.1. The lowest BCUT2D eigenvalue weighted by molar-refractivity contribution is 0.248. The van der Waals surface area contributed by atoms with Crippen LogP contribution >= 0.6 is 11.6 Å². The van der Waals surface area contributed by atoms with Gasteiger partial charge in [-0.3, -0.25) is 0 Å². The smallest absolute Gasteiger partial charge is 0.243 e. The molecule has 0 N–H and O–H groups in total. The van der Waals surface area contributed by atoms with Crippen molar-refractivity contribution < 1.29 is 13.2 Å². The number of likely N-dealkylation sites (N-methyl/N-ethyl adjacent to an activating group) is 1. The van der Waals surface area contributed by atoms with Crippen molar-refractivity contribution in [3.63, 3.8) is 0 Å². The van der Waals surface area contributed by atoms with Gasteiger partial charge in [0.25, 0.3) is 0 Å². The van der Waals surface area contributed by atoms with E-state index in [0.717, 1.165) is 19.3 Å². The topological polar surface area (TPSA) is 49.9 Å². The van der Waals surface area contributed by atoms with Gasteiger partial charge in [0.05, 0.1) is 17.0 Å². The highest BCUT2D eigenvalue weighted by Gasteiger charge is 2.30. The Kier molecular flexibility index (Phi) is 5.71. The molecule has 0 aliphatic carbocycles. The molecule has 0 bridgehead atoms. The summed E-state index contributed by atoms with van der Waals surface area (Å²) in [6.45, 7) is 1.06. The first-order valence-electron chi connectivity index (χ1n) is 7.36. The fourth-order valence-electron chi connectivity index (χ4n) is 2.68. The number of methoxy groups -OCH3 is 1. The normalized spacial score (nSPS) is 20.9. The first kappa shape index (κ1) is 17.5. The summed E-state index contributed by atoms with van der Waals surface area (Å²) in [7, 11) is 1.96. The Morgan fingerprint density at radius 1 is 1.32 bits per heavy atom. The second-order valence-corrected chi connectivity index (χ2v) is 8.12. The van der Waals surface area contributed by atoms with E-state index in [0.29, 0.717) is 23.9 Å². The number of hydrogen-bond acceptors (Lipinski definition) is 4. The highest BCUT2D eigenvalue weighted by molar-refractivity contribution is 7.89. The lowest BCUT2D eigenvalue weighted by Crippen LogP contribution is -2.41. The van der Waals surface area contributed by atoms with E-state index in [1.165, 1.54) is 13.2 Å². The predicted octanol–water partition coefficient (Wildman–Crippen LogP) is 2.45. The Balaban J connectivity index is 2.30. The first-order chi connectivity index (χ1) is 10.4. The van der Waals surface area contributed by atoms with E-state index >= 15 is 0 Å². The van der Waals surface area contributed by atoms with Crippen LogP contribution in [0.15, 0.2) is 23.1 Å². The maximum Gasteiger partial charge on any atom is 0.243 e. The molecule has 1 atom stereocenters. The number of nitrogens with zero attached hydrogens (tertiary/aromatic N) is 2. The number of sulfonamides is 1.